The molecule has 1 unspecified atom stereocenters. The first-order valence-electron chi connectivity index (χ1n) is 5.50. The SMILES string of the molecule is Cc1ccc(C(=O)NC(C(=O)O)C(C)C)n1C. The smallest absolute Gasteiger partial charge is 0.326 e. The van der Waals surface area contributed by atoms with Gasteiger partial charge in [0.15, 0.2) is 0 Å². The molecule has 0 saturated heterocycles. The zero-order chi connectivity index (χ0) is 13.2. The highest BCUT2D eigenvalue weighted by Gasteiger charge is 2.24. The van der Waals surface area contributed by atoms with E-state index in [1.165, 1.54) is 0 Å². The highest BCUT2D eigenvalue weighted by Crippen LogP contribution is 2.08. The predicted octanol–water partition coefficient (Wildman–Crippen LogP) is 1.17. The number of aliphatic carboxylic acids is 1. The minimum Gasteiger partial charge on any atom is -0.480 e. The van der Waals surface area contributed by atoms with Crippen LogP contribution in [0.5, 0.6) is 0 Å². The Hall–Kier alpha value is -1.78. The van der Waals surface area contributed by atoms with Crippen LogP contribution in [0.15, 0.2) is 12.1 Å². The fourth-order valence-corrected chi connectivity index (χ4v) is 1.57. The summed E-state index contributed by atoms with van der Waals surface area (Å²) in [7, 11) is 1.77. The molecule has 17 heavy (non-hydrogen) atoms. The van der Waals surface area contributed by atoms with Crippen molar-refractivity contribution >= 4 is 11.9 Å². The van der Waals surface area contributed by atoms with Crippen molar-refractivity contribution in [2.45, 2.75) is 26.8 Å². The lowest BCUT2D eigenvalue weighted by molar-refractivity contribution is -0.140. The van der Waals surface area contributed by atoms with Gasteiger partial charge in [0.2, 0.25) is 0 Å². The first-order chi connectivity index (χ1) is 7.84. The van der Waals surface area contributed by atoms with E-state index in [1.54, 1.807) is 31.5 Å². The van der Waals surface area contributed by atoms with Crippen LogP contribution in [-0.4, -0.2) is 27.6 Å². The van der Waals surface area contributed by atoms with Crippen LogP contribution in [0.3, 0.4) is 0 Å². The van der Waals surface area contributed by atoms with Crippen molar-refractivity contribution in [1.82, 2.24) is 9.88 Å². The van der Waals surface area contributed by atoms with Crippen molar-refractivity contribution < 1.29 is 14.7 Å². The lowest BCUT2D eigenvalue weighted by atomic mass is 10.0. The minimum atomic E-state index is -1.01. The molecule has 1 aromatic heterocycles. The van der Waals surface area contributed by atoms with Gasteiger partial charge in [0.25, 0.3) is 5.91 Å². The summed E-state index contributed by atoms with van der Waals surface area (Å²) in [5.74, 6) is -1.53. The van der Waals surface area contributed by atoms with Gasteiger partial charge in [-0.3, -0.25) is 4.79 Å². The number of rotatable bonds is 4. The van der Waals surface area contributed by atoms with Crippen molar-refractivity contribution in [2.75, 3.05) is 0 Å². The van der Waals surface area contributed by atoms with Crippen LogP contribution in [-0.2, 0) is 11.8 Å². The molecule has 0 aliphatic heterocycles. The molecule has 2 N–H and O–H groups in total. The van der Waals surface area contributed by atoms with E-state index in [0.29, 0.717) is 5.69 Å². The topological polar surface area (TPSA) is 71.3 Å². The lowest BCUT2D eigenvalue weighted by Gasteiger charge is -2.18. The number of aromatic nitrogens is 1. The summed E-state index contributed by atoms with van der Waals surface area (Å²) in [4.78, 5) is 22.9. The summed E-state index contributed by atoms with van der Waals surface area (Å²) in [5, 5.41) is 11.5. The number of carbonyl (C=O) groups excluding carboxylic acids is 1. The van der Waals surface area contributed by atoms with E-state index in [1.807, 2.05) is 13.0 Å². The number of nitrogens with one attached hydrogen (secondary N) is 1. The van der Waals surface area contributed by atoms with E-state index in [9.17, 15) is 9.59 Å². The molecule has 0 aliphatic rings. The average Bonchev–Trinajstić information content (AvgIpc) is 2.55. The first kappa shape index (κ1) is 13.3. The van der Waals surface area contributed by atoms with Crippen LogP contribution in [0.25, 0.3) is 0 Å². The largest absolute Gasteiger partial charge is 0.480 e. The molecule has 0 saturated carbocycles. The zero-order valence-corrected chi connectivity index (χ0v) is 10.5. The molecule has 0 radical (unpaired) electrons. The van der Waals surface area contributed by atoms with Crippen LogP contribution in [0.1, 0.15) is 30.0 Å². The van der Waals surface area contributed by atoms with Gasteiger partial charge in [-0.25, -0.2) is 4.79 Å². The maximum Gasteiger partial charge on any atom is 0.326 e. The van der Waals surface area contributed by atoms with Crippen molar-refractivity contribution in [1.29, 1.82) is 0 Å². The number of carboxylic acids is 1. The maximum atomic E-state index is 11.9. The maximum absolute atomic E-state index is 11.9. The molecule has 0 fully saturated rings. The first-order valence-corrected chi connectivity index (χ1v) is 5.50. The van der Waals surface area contributed by atoms with Gasteiger partial charge in [-0.15, -0.1) is 0 Å². The molecule has 94 valence electrons. The molecule has 5 heteroatoms. The van der Waals surface area contributed by atoms with Gasteiger partial charge in [0, 0.05) is 12.7 Å². The molecule has 0 bridgehead atoms. The Kier molecular flexibility index (Phi) is 3.93. The van der Waals surface area contributed by atoms with Crippen LogP contribution < -0.4 is 5.32 Å². The molecule has 0 aliphatic carbocycles. The van der Waals surface area contributed by atoms with Gasteiger partial charge >= 0.3 is 5.97 Å². The molecule has 0 spiro atoms. The lowest BCUT2D eigenvalue weighted by Crippen LogP contribution is -2.44. The number of carbonyl (C=O) groups is 2. The van der Waals surface area contributed by atoms with Gasteiger partial charge in [-0.05, 0) is 25.0 Å². The molecule has 1 heterocycles. The number of amides is 1. The Labute approximate surface area is 100 Å². The Morgan fingerprint density at radius 1 is 1.35 bits per heavy atom. The normalized spacial score (nSPS) is 12.5. The highest BCUT2D eigenvalue weighted by atomic mass is 16.4. The predicted molar refractivity (Wildman–Crippen MR) is 63.9 cm³/mol. The summed E-state index contributed by atoms with van der Waals surface area (Å²) >= 11 is 0. The number of carboxylic acid groups (broad SMARTS) is 1. The van der Waals surface area contributed by atoms with Crippen LogP contribution >= 0.6 is 0 Å². The second-order valence-corrected chi connectivity index (χ2v) is 4.45. The average molecular weight is 238 g/mol. The Morgan fingerprint density at radius 3 is 2.29 bits per heavy atom. The molecule has 1 rings (SSSR count). The summed E-state index contributed by atoms with van der Waals surface area (Å²) < 4.78 is 1.73. The highest BCUT2D eigenvalue weighted by molar-refractivity contribution is 5.95. The number of hydrogen-bond donors (Lipinski definition) is 2. The van der Waals surface area contributed by atoms with E-state index in [2.05, 4.69) is 5.32 Å². The molecule has 1 amide bonds. The quantitative estimate of drug-likeness (QED) is 0.827. The fourth-order valence-electron chi connectivity index (χ4n) is 1.57. The van der Waals surface area contributed by atoms with Crippen molar-refractivity contribution in [3.8, 4) is 0 Å². The van der Waals surface area contributed by atoms with Crippen molar-refractivity contribution in [3.63, 3.8) is 0 Å². The monoisotopic (exact) mass is 238 g/mol. The Bertz CT molecular complexity index is 435. The summed E-state index contributed by atoms with van der Waals surface area (Å²) in [6, 6.07) is 2.64. The zero-order valence-electron chi connectivity index (χ0n) is 10.5. The standard InChI is InChI=1S/C12H18N2O3/c1-7(2)10(12(16)17)13-11(15)9-6-5-8(3)14(9)4/h5-7,10H,1-4H3,(H,13,15)(H,16,17). The van der Waals surface area contributed by atoms with Gasteiger partial charge in [0.1, 0.15) is 11.7 Å². The number of hydrogen-bond acceptors (Lipinski definition) is 2. The van der Waals surface area contributed by atoms with Gasteiger partial charge in [0.05, 0.1) is 0 Å². The van der Waals surface area contributed by atoms with E-state index < -0.39 is 12.0 Å². The number of nitrogens with zero attached hydrogens (tertiary/aromatic N) is 1. The second kappa shape index (κ2) is 5.03. The molecule has 0 aromatic carbocycles. The van der Waals surface area contributed by atoms with Gasteiger partial charge in [-0.2, -0.15) is 0 Å². The van der Waals surface area contributed by atoms with Crippen LogP contribution in [0.2, 0.25) is 0 Å². The second-order valence-electron chi connectivity index (χ2n) is 4.45. The molecular formula is C12H18N2O3. The molecule has 1 atom stereocenters. The van der Waals surface area contributed by atoms with Crippen LogP contribution in [0.4, 0.5) is 0 Å². The van der Waals surface area contributed by atoms with Crippen molar-refractivity contribution in [2.24, 2.45) is 13.0 Å². The third kappa shape index (κ3) is 2.87. The summed E-state index contributed by atoms with van der Waals surface area (Å²) in [6.45, 7) is 5.40. The molecule has 1 aromatic rings. The van der Waals surface area contributed by atoms with E-state index in [-0.39, 0.29) is 11.8 Å². The van der Waals surface area contributed by atoms with Crippen LogP contribution in [0, 0.1) is 12.8 Å². The van der Waals surface area contributed by atoms with Gasteiger partial charge in [-0.1, -0.05) is 13.8 Å². The molecular weight excluding hydrogens is 220 g/mol. The third-order valence-electron chi connectivity index (χ3n) is 2.82. The van der Waals surface area contributed by atoms with E-state index in [4.69, 9.17) is 5.11 Å². The Morgan fingerprint density at radius 2 is 1.94 bits per heavy atom. The summed E-state index contributed by atoms with van der Waals surface area (Å²) in [5.41, 5.74) is 1.42. The van der Waals surface area contributed by atoms with E-state index in [0.717, 1.165) is 5.69 Å². The van der Waals surface area contributed by atoms with E-state index >= 15 is 0 Å². The Balaban J connectivity index is 2.85. The fraction of sp³-hybridized carbons (Fsp3) is 0.500. The van der Waals surface area contributed by atoms with Crippen molar-refractivity contribution in [3.05, 3.63) is 23.5 Å². The van der Waals surface area contributed by atoms with Gasteiger partial charge < -0.3 is 15.0 Å². The minimum absolute atomic E-state index is 0.155. The molecule has 5 nitrogen and oxygen atoms in total. The third-order valence-corrected chi connectivity index (χ3v) is 2.82. The summed E-state index contributed by atoms with van der Waals surface area (Å²) in [6.07, 6.45) is 0. The number of aryl methyl sites for hydroxylation is 1.